The topological polar surface area (TPSA) is 52.9 Å². The summed E-state index contributed by atoms with van der Waals surface area (Å²) < 4.78 is 18.7. The predicted molar refractivity (Wildman–Crippen MR) is 134 cm³/mol. The van der Waals surface area contributed by atoms with E-state index in [0.717, 1.165) is 44.2 Å². The van der Waals surface area contributed by atoms with Crippen molar-refractivity contribution in [2.24, 2.45) is 7.05 Å². The van der Waals surface area contributed by atoms with E-state index in [4.69, 9.17) is 11.6 Å². The predicted octanol–water partition coefficient (Wildman–Crippen LogP) is 6.39. The molecule has 0 spiro atoms. The van der Waals surface area contributed by atoms with Gasteiger partial charge in [-0.3, -0.25) is 14.6 Å². The Morgan fingerprint density at radius 1 is 0.971 bits per heavy atom. The molecule has 0 saturated heterocycles. The highest BCUT2D eigenvalue weighted by Gasteiger charge is 2.18. The molecule has 0 saturated carbocycles. The van der Waals surface area contributed by atoms with Crippen LogP contribution < -0.4 is 0 Å². The summed E-state index contributed by atoms with van der Waals surface area (Å²) in [5, 5.41) is 6.30. The Labute approximate surface area is 200 Å². The number of aryl methyl sites for hydroxylation is 1. The van der Waals surface area contributed by atoms with Gasteiger partial charge in [0.05, 0.1) is 35.7 Å². The van der Waals surface area contributed by atoms with E-state index in [1.54, 1.807) is 12.3 Å². The van der Waals surface area contributed by atoms with E-state index in [2.05, 4.69) is 25.6 Å². The Morgan fingerprint density at radius 3 is 2.66 bits per heavy atom. The fourth-order valence-electron chi connectivity index (χ4n) is 4.56. The summed E-state index contributed by atoms with van der Waals surface area (Å²) >= 11 is 0. The number of fused-ring (bicyclic) bond motifs is 2. The Morgan fingerprint density at radius 2 is 1.86 bits per heavy atom. The summed E-state index contributed by atoms with van der Waals surface area (Å²) in [6, 6.07) is 16.8. The van der Waals surface area contributed by atoms with Crippen LogP contribution in [0, 0.1) is 12.4 Å². The van der Waals surface area contributed by atoms with Gasteiger partial charge in [0.1, 0.15) is 5.82 Å². The Kier molecular flexibility index (Phi) is 4.86. The smallest absolute Gasteiger partial charge is 0.222 e. The molecule has 168 valence electrons. The largest absolute Gasteiger partial charge is 0.342 e. The van der Waals surface area contributed by atoms with Gasteiger partial charge in [0.25, 0.3) is 0 Å². The SMILES string of the molecule is [C-]#[N+]c1ccc(-c2c(-c3ccc4c(cnn4C)c3)ncc3c2ccn3Cc2cccnc2)cc1F. The van der Waals surface area contributed by atoms with Gasteiger partial charge in [0, 0.05) is 54.1 Å². The molecule has 0 bridgehead atoms. The maximum Gasteiger partial charge on any atom is 0.222 e. The van der Waals surface area contributed by atoms with E-state index in [0.29, 0.717) is 12.1 Å². The monoisotopic (exact) mass is 458 g/mol. The second-order valence-electron chi connectivity index (χ2n) is 8.41. The van der Waals surface area contributed by atoms with E-state index in [9.17, 15) is 4.39 Å². The van der Waals surface area contributed by atoms with Crippen molar-refractivity contribution in [1.29, 1.82) is 0 Å². The van der Waals surface area contributed by atoms with Gasteiger partial charge in [-0.05, 0) is 41.5 Å². The highest BCUT2D eigenvalue weighted by molar-refractivity contribution is 6.02. The van der Waals surface area contributed by atoms with Crippen LogP contribution in [0.5, 0.6) is 0 Å². The van der Waals surface area contributed by atoms with E-state index in [1.165, 1.54) is 12.1 Å². The summed E-state index contributed by atoms with van der Waals surface area (Å²) in [5.74, 6) is -0.544. The maximum absolute atomic E-state index is 14.7. The molecule has 4 heterocycles. The molecule has 4 aromatic heterocycles. The normalized spacial score (nSPS) is 11.2. The number of nitrogens with zero attached hydrogens (tertiary/aromatic N) is 6. The number of hydrogen-bond acceptors (Lipinski definition) is 3. The summed E-state index contributed by atoms with van der Waals surface area (Å²) in [7, 11) is 1.91. The lowest BCUT2D eigenvalue weighted by atomic mass is 9.95. The molecule has 2 aromatic carbocycles. The van der Waals surface area contributed by atoms with Crippen LogP contribution in [0.4, 0.5) is 10.1 Å². The number of pyridine rings is 2. The van der Waals surface area contributed by atoms with Gasteiger partial charge in [-0.2, -0.15) is 5.10 Å². The minimum atomic E-state index is -0.544. The van der Waals surface area contributed by atoms with E-state index in [-0.39, 0.29) is 5.69 Å². The average Bonchev–Trinajstić information content (AvgIpc) is 3.47. The molecule has 0 atom stereocenters. The van der Waals surface area contributed by atoms with Crippen LogP contribution in [0.15, 0.2) is 85.6 Å². The second-order valence-corrected chi connectivity index (χ2v) is 8.41. The molecule has 0 aliphatic heterocycles. The third-order valence-electron chi connectivity index (χ3n) is 6.28. The van der Waals surface area contributed by atoms with Crippen molar-refractivity contribution in [3.8, 4) is 22.4 Å². The molecule has 0 fully saturated rings. The fourth-order valence-corrected chi connectivity index (χ4v) is 4.56. The van der Waals surface area contributed by atoms with Crippen molar-refractivity contribution in [2.75, 3.05) is 0 Å². The fraction of sp³-hybridized carbons (Fsp3) is 0.0714. The minimum absolute atomic E-state index is 0.00126. The van der Waals surface area contributed by atoms with Crippen LogP contribution in [0.2, 0.25) is 0 Å². The summed E-state index contributed by atoms with van der Waals surface area (Å²) in [4.78, 5) is 12.4. The molecule has 35 heavy (non-hydrogen) atoms. The standard InChI is InChI=1S/C28H19FN6/c1-30-24-7-5-19(13-23(24)29)27-22-9-11-35(17-18-4-3-10-31-14-18)26(22)16-32-28(27)20-6-8-25-21(12-20)15-33-34(25)2/h3-16H,17H2,2H3. The molecule has 6 aromatic rings. The molecule has 0 unspecified atom stereocenters. The van der Waals surface area contributed by atoms with Crippen LogP contribution in [-0.4, -0.2) is 24.3 Å². The molecule has 6 nitrogen and oxygen atoms in total. The minimum Gasteiger partial charge on any atom is -0.342 e. The van der Waals surface area contributed by atoms with Crippen molar-refractivity contribution in [3.05, 3.63) is 108 Å². The molecule has 6 rings (SSSR count). The Balaban J connectivity index is 1.58. The first-order chi connectivity index (χ1) is 17.1. The molecular weight excluding hydrogens is 439 g/mol. The van der Waals surface area contributed by atoms with Crippen LogP contribution in [0.25, 0.3) is 49.0 Å². The van der Waals surface area contributed by atoms with Crippen molar-refractivity contribution in [3.63, 3.8) is 0 Å². The van der Waals surface area contributed by atoms with E-state index in [1.807, 2.05) is 66.8 Å². The van der Waals surface area contributed by atoms with Gasteiger partial charge in [-0.25, -0.2) is 9.24 Å². The van der Waals surface area contributed by atoms with Gasteiger partial charge in [-0.15, -0.1) is 0 Å². The molecule has 0 amide bonds. The molecule has 7 heteroatoms. The second kappa shape index (κ2) is 8.19. The summed E-state index contributed by atoms with van der Waals surface area (Å²) in [6.07, 6.45) is 9.30. The third-order valence-corrected chi connectivity index (χ3v) is 6.28. The van der Waals surface area contributed by atoms with Crippen molar-refractivity contribution >= 4 is 27.5 Å². The zero-order valence-corrected chi connectivity index (χ0v) is 18.9. The van der Waals surface area contributed by atoms with Gasteiger partial charge in [0.15, 0.2) is 0 Å². The quantitative estimate of drug-likeness (QED) is 0.288. The number of aromatic nitrogens is 5. The number of benzene rings is 2. The van der Waals surface area contributed by atoms with Crippen molar-refractivity contribution in [2.45, 2.75) is 6.54 Å². The zero-order chi connectivity index (χ0) is 23.9. The first kappa shape index (κ1) is 20.8. The zero-order valence-electron chi connectivity index (χ0n) is 18.9. The summed E-state index contributed by atoms with van der Waals surface area (Å²) in [5.41, 5.74) is 6.19. The van der Waals surface area contributed by atoms with E-state index < -0.39 is 5.82 Å². The van der Waals surface area contributed by atoms with Gasteiger partial charge in [-0.1, -0.05) is 24.3 Å². The van der Waals surface area contributed by atoms with Crippen LogP contribution in [0.1, 0.15) is 5.56 Å². The highest BCUT2D eigenvalue weighted by atomic mass is 19.1. The van der Waals surface area contributed by atoms with Crippen molar-refractivity contribution in [1.82, 2.24) is 24.3 Å². The number of halogens is 1. The lowest BCUT2D eigenvalue weighted by molar-refractivity contribution is 0.634. The van der Waals surface area contributed by atoms with Gasteiger partial charge >= 0.3 is 0 Å². The molecule has 0 aliphatic carbocycles. The molecule has 0 radical (unpaired) electrons. The molecular formula is C28H19FN6. The third kappa shape index (κ3) is 3.52. The average molecular weight is 459 g/mol. The van der Waals surface area contributed by atoms with Crippen LogP contribution in [-0.2, 0) is 13.6 Å². The highest BCUT2D eigenvalue weighted by Crippen LogP contribution is 2.39. The summed E-state index contributed by atoms with van der Waals surface area (Å²) in [6.45, 7) is 7.86. The lowest BCUT2D eigenvalue weighted by Gasteiger charge is -2.13. The lowest BCUT2D eigenvalue weighted by Crippen LogP contribution is -1.99. The Hall–Kier alpha value is -4.83. The van der Waals surface area contributed by atoms with Crippen LogP contribution in [0.3, 0.4) is 0 Å². The van der Waals surface area contributed by atoms with Gasteiger partial charge in [0.2, 0.25) is 5.69 Å². The first-order valence-electron chi connectivity index (χ1n) is 11.1. The first-order valence-corrected chi connectivity index (χ1v) is 11.1. The van der Waals surface area contributed by atoms with Crippen LogP contribution >= 0.6 is 0 Å². The molecule has 0 aliphatic rings. The van der Waals surface area contributed by atoms with E-state index >= 15 is 0 Å². The van der Waals surface area contributed by atoms with Gasteiger partial charge < -0.3 is 4.57 Å². The number of hydrogen-bond donors (Lipinski definition) is 0. The maximum atomic E-state index is 14.7. The number of rotatable bonds is 4. The molecule has 0 N–H and O–H groups in total. The van der Waals surface area contributed by atoms with Crippen molar-refractivity contribution < 1.29 is 4.39 Å². The Bertz CT molecular complexity index is 1760.